The normalized spacial score (nSPS) is 12.7. The molecule has 0 unspecified atom stereocenters. The van der Waals surface area contributed by atoms with Crippen LogP contribution in [0.4, 0.5) is 0 Å². The number of rotatable bonds is 4. The Balaban J connectivity index is 1.57. The Hall–Kier alpha value is -3.28. The number of para-hydroxylation sites is 1. The average Bonchev–Trinajstić information content (AvgIpc) is 2.71. The predicted molar refractivity (Wildman–Crippen MR) is 96.9 cm³/mol. The molecule has 0 atom stereocenters. The first-order valence-electron chi connectivity index (χ1n) is 8.36. The van der Waals surface area contributed by atoms with Gasteiger partial charge in [0.15, 0.2) is 11.5 Å². The quantitative estimate of drug-likeness (QED) is 0.783. The molecule has 0 saturated heterocycles. The van der Waals surface area contributed by atoms with Gasteiger partial charge in [-0.25, -0.2) is 4.98 Å². The highest BCUT2D eigenvalue weighted by atomic mass is 16.6. The number of pyridine rings is 1. The lowest BCUT2D eigenvalue weighted by molar-refractivity contribution is 0.0944. The van der Waals surface area contributed by atoms with E-state index in [2.05, 4.69) is 10.3 Å². The van der Waals surface area contributed by atoms with Gasteiger partial charge in [0.1, 0.15) is 18.9 Å². The van der Waals surface area contributed by atoms with Crippen LogP contribution in [0.25, 0.3) is 10.8 Å². The molecule has 2 heterocycles. The molecule has 1 amide bonds. The fourth-order valence-corrected chi connectivity index (χ4v) is 2.98. The van der Waals surface area contributed by atoms with Gasteiger partial charge in [-0.2, -0.15) is 0 Å². The van der Waals surface area contributed by atoms with Crippen molar-refractivity contribution >= 4 is 16.7 Å². The van der Waals surface area contributed by atoms with E-state index in [0.717, 1.165) is 16.3 Å². The molecule has 132 valence electrons. The number of nitrogens with one attached hydrogen (secondary N) is 1. The standard InChI is InChI=1S/C20H18N2O4/c1-24-20-15-7-3-2-5-13(15)11-16(22-20)19(23)21-12-14-6-4-8-17-18(14)26-10-9-25-17/h2-8,11H,9-10,12H2,1H3,(H,21,23). The summed E-state index contributed by atoms with van der Waals surface area (Å²) in [5, 5.41) is 4.66. The molecule has 0 fully saturated rings. The van der Waals surface area contributed by atoms with E-state index in [9.17, 15) is 4.79 Å². The second-order valence-corrected chi connectivity index (χ2v) is 5.86. The first kappa shape index (κ1) is 16.2. The second-order valence-electron chi connectivity index (χ2n) is 5.86. The van der Waals surface area contributed by atoms with Crippen LogP contribution < -0.4 is 19.5 Å². The van der Waals surface area contributed by atoms with E-state index in [1.54, 1.807) is 13.2 Å². The largest absolute Gasteiger partial charge is 0.486 e. The number of methoxy groups -OCH3 is 1. The molecule has 0 radical (unpaired) electrons. The summed E-state index contributed by atoms with van der Waals surface area (Å²) >= 11 is 0. The average molecular weight is 350 g/mol. The van der Waals surface area contributed by atoms with Gasteiger partial charge in [-0.05, 0) is 23.6 Å². The Morgan fingerprint density at radius 2 is 2.00 bits per heavy atom. The van der Waals surface area contributed by atoms with Crippen molar-refractivity contribution in [3.63, 3.8) is 0 Å². The summed E-state index contributed by atoms with van der Waals surface area (Å²) < 4.78 is 16.6. The SMILES string of the molecule is COc1nc(C(=O)NCc2cccc3c2OCCO3)cc2ccccc12. The molecular formula is C20H18N2O4. The third kappa shape index (κ3) is 3.01. The van der Waals surface area contributed by atoms with Crippen LogP contribution in [-0.4, -0.2) is 31.2 Å². The molecule has 1 aromatic heterocycles. The number of hydrogen-bond acceptors (Lipinski definition) is 5. The predicted octanol–water partition coefficient (Wildman–Crippen LogP) is 2.94. The highest BCUT2D eigenvalue weighted by Crippen LogP contribution is 2.33. The van der Waals surface area contributed by atoms with Crippen molar-refractivity contribution in [3.05, 3.63) is 59.8 Å². The summed E-state index contributed by atoms with van der Waals surface area (Å²) in [6.07, 6.45) is 0. The van der Waals surface area contributed by atoms with Crippen LogP contribution in [0.15, 0.2) is 48.5 Å². The smallest absolute Gasteiger partial charge is 0.270 e. The van der Waals surface area contributed by atoms with Gasteiger partial charge in [0.05, 0.1) is 7.11 Å². The summed E-state index contributed by atoms with van der Waals surface area (Å²) in [5.41, 5.74) is 1.17. The molecule has 0 aliphatic carbocycles. The Morgan fingerprint density at radius 3 is 2.88 bits per heavy atom. The molecule has 4 rings (SSSR count). The van der Waals surface area contributed by atoms with E-state index in [1.807, 2.05) is 42.5 Å². The third-order valence-corrected chi connectivity index (χ3v) is 4.22. The maximum Gasteiger partial charge on any atom is 0.270 e. The molecule has 6 heteroatoms. The number of aromatic nitrogens is 1. The van der Waals surface area contributed by atoms with Gasteiger partial charge >= 0.3 is 0 Å². The van der Waals surface area contributed by atoms with E-state index in [0.29, 0.717) is 42.8 Å². The number of carbonyl (C=O) groups is 1. The molecule has 0 bridgehead atoms. The Kier molecular flexibility index (Phi) is 4.31. The van der Waals surface area contributed by atoms with E-state index < -0.39 is 0 Å². The van der Waals surface area contributed by atoms with Gasteiger partial charge in [-0.3, -0.25) is 4.79 Å². The maximum absolute atomic E-state index is 12.6. The van der Waals surface area contributed by atoms with Crippen LogP contribution in [0.1, 0.15) is 16.1 Å². The van der Waals surface area contributed by atoms with Crippen LogP contribution in [0.2, 0.25) is 0 Å². The second kappa shape index (κ2) is 6.92. The molecule has 3 aromatic rings. The van der Waals surface area contributed by atoms with Crippen molar-refractivity contribution in [1.82, 2.24) is 10.3 Å². The first-order valence-corrected chi connectivity index (χ1v) is 8.36. The summed E-state index contributed by atoms with van der Waals surface area (Å²) in [6, 6.07) is 15.1. The van der Waals surface area contributed by atoms with Gasteiger partial charge in [0.25, 0.3) is 5.91 Å². The molecule has 6 nitrogen and oxygen atoms in total. The Labute approximate surface area is 150 Å². The summed E-state index contributed by atoms with van der Waals surface area (Å²) in [5.74, 6) is 1.54. The molecular weight excluding hydrogens is 332 g/mol. The fraction of sp³-hybridized carbons (Fsp3) is 0.200. The van der Waals surface area contributed by atoms with Crippen molar-refractivity contribution in [3.8, 4) is 17.4 Å². The zero-order chi connectivity index (χ0) is 17.9. The minimum absolute atomic E-state index is 0.275. The molecule has 1 aliphatic rings. The fourth-order valence-electron chi connectivity index (χ4n) is 2.98. The lowest BCUT2D eigenvalue weighted by Gasteiger charge is -2.21. The van der Waals surface area contributed by atoms with E-state index >= 15 is 0 Å². The number of fused-ring (bicyclic) bond motifs is 2. The molecule has 1 N–H and O–H groups in total. The minimum Gasteiger partial charge on any atom is -0.486 e. The topological polar surface area (TPSA) is 69.7 Å². The zero-order valence-electron chi connectivity index (χ0n) is 14.3. The van der Waals surface area contributed by atoms with Crippen molar-refractivity contribution in [2.24, 2.45) is 0 Å². The first-order chi connectivity index (χ1) is 12.8. The van der Waals surface area contributed by atoms with Gasteiger partial charge in [-0.1, -0.05) is 30.3 Å². The Bertz CT molecular complexity index is 971. The van der Waals surface area contributed by atoms with E-state index in [-0.39, 0.29) is 5.91 Å². The molecule has 26 heavy (non-hydrogen) atoms. The van der Waals surface area contributed by atoms with E-state index in [1.165, 1.54) is 0 Å². The van der Waals surface area contributed by atoms with Gasteiger partial charge in [-0.15, -0.1) is 0 Å². The number of ether oxygens (including phenoxy) is 3. The van der Waals surface area contributed by atoms with Crippen LogP contribution in [0, 0.1) is 0 Å². The molecule has 0 spiro atoms. The number of hydrogen-bond donors (Lipinski definition) is 1. The van der Waals surface area contributed by atoms with Crippen molar-refractivity contribution < 1.29 is 19.0 Å². The summed E-state index contributed by atoms with van der Waals surface area (Å²) in [6.45, 7) is 1.35. The minimum atomic E-state index is -0.275. The van der Waals surface area contributed by atoms with Crippen LogP contribution in [0.3, 0.4) is 0 Å². The Morgan fingerprint density at radius 1 is 1.15 bits per heavy atom. The lowest BCUT2D eigenvalue weighted by Crippen LogP contribution is -2.25. The van der Waals surface area contributed by atoms with Crippen LogP contribution in [0.5, 0.6) is 17.4 Å². The summed E-state index contributed by atoms with van der Waals surface area (Å²) in [7, 11) is 1.55. The molecule has 1 aliphatic heterocycles. The van der Waals surface area contributed by atoms with Gasteiger partial charge in [0, 0.05) is 17.5 Å². The monoisotopic (exact) mass is 350 g/mol. The molecule has 2 aromatic carbocycles. The lowest BCUT2D eigenvalue weighted by atomic mass is 10.1. The third-order valence-electron chi connectivity index (χ3n) is 4.22. The molecule has 0 saturated carbocycles. The van der Waals surface area contributed by atoms with Crippen molar-refractivity contribution in [1.29, 1.82) is 0 Å². The maximum atomic E-state index is 12.6. The number of amides is 1. The van der Waals surface area contributed by atoms with Gasteiger partial charge < -0.3 is 19.5 Å². The summed E-state index contributed by atoms with van der Waals surface area (Å²) in [4.78, 5) is 16.9. The van der Waals surface area contributed by atoms with Crippen molar-refractivity contribution in [2.45, 2.75) is 6.54 Å². The van der Waals surface area contributed by atoms with E-state index in [4.69, 9.17) is 14.2 Å². The van der Waals surface area contributed by atoms with Crippen molar-refractivity contribution in [2.75, 3.05) is 20.3 Å². The highest BCUT2D eigenvalue weighted by Gasteiger charge is 2.17. The number of nitrogens with zero attached hydrogens (tertiary/aromatic N) is 1. The zero-order valence-corrected chi connectivity index (χ0v) is 14.3. The van der Waals surface area contributed by atoms with Gasteiger partial charge in [0.2, 0.25) is 5.88 Å². The van der Waals surface area contributed by atoms with Crippen LogP contribution in [-0.2, 0) is 6.54 Å². The van der Waals surface area contributed by atoms with Crippen LogP contribution >= 0.6 is 0 Å². The number of carbonyl (C=O) groups excluding carboxylic acids is 1. The number of benzene rings is 2. The highest BCUT2D eigenvalue weighted by molar-refractivity contribution is 5.98.